The Morgan fingerprint density at radius 2 is 2.20 bits per heavy atom. The van der Waals surface area contributed by atoms with Crippen LogP contribution in [0.15, 0.2) is 27.4 Å². The van der Waals surface area contributed by atoms with E-state index in [0.717, 1.165) is 36.0 Å². The van der Waals surface area contributed by atoms with Crippen molar-refractivity contribution >= 4 is 16.9 Å². The van der Waals surface area contributed by atoms with Crippen molar-refractivity contribution in [1.29, 1.82) is 0 Å². The van der Waals surface area contributed by atoms with E-state index >= 15 is 0 Å². The molecule has 1 fully saturated rings. The number of carbonyl (C=O) groups is 1. The van der Waals surface area contributed by atoms with E-state index in [-0.39, 0.29) is 18.1 Å². The number of likely N-dealkylation sites (tertiary alicyclic amines) is 1. The summed E-state index contributed by atoms with van der Waals surface area (Å²) in [4.78, 5) is 25.9. The summed E-state index contributed by atoms with van der Waals surface area (Å²) in [6.45, 7) is 6.42. The van der Waals surface area contributed by atoms with Crippen LogP contribution in [-0.4, -0.2) is 44.1 Å². The summed E-state index contributed by atoms with van der Waals surface area (Å²) in [7, 11) is 2.09. The molecular formula is C19H24N2O4. The lowest BCUT2D eigenvalue weighted by molar-refractivity contribution is -0.123. The van der Waals surface area contributed by atoms with Crippen molar-refractivity contribution < 1.29 is 13.9 Å². The molecule has 1 N–H and O–H groups in total. The first-order valence-electron chi connectivity index (χ1n) is 8.56. The summed E-state index contributed by atoms with van der Waals surface area (Å²) in [5.41, 5.74) is 1.71. The molecule has 0 saturated carbocycles. The number of hydrogen-bond acceptors (Lipinski definition) is 5. The van der Waals surface area contributed by atoms with Gasteiger partial charge in [0, 0.05) is 30.1 Å². The lowest BCUT2D eigenvalue weighted by atomic mass is 10.1. The van der Waals surface area contributed by atoms with Gasteiger partial charge in [-0.1, -0.05) is 0 Å². The Bertz CT molecular complexity index is 843. The molecule has 1 aliphatic rings. The first-order chi connectivity index (χ1) is 11.9. The van der Waals surface area contributed by atoms with Crippen molar-refractivity contribution in [2.75, 3.05) is 33.3 Å². The van der Waals surface area contributed by atoms with Crippen LogP contribution in [0.1, 0.15) is 17.5 Å². The van der Waals surface area contributed by atoms with Gasteiger partial charge in [0.1, 0.15) is 11.3 Å². The van der Waals surface area contributed by atoms with E-state index in [0.29, 0.717) is 23.8 Å². The average Bonchev–Trinajstić information content (AvgIpc) is 2.98. The van der Waals surface area contributed by atoms with Gasteiger partial charge in [-0.25, -0.2) is 4.79 Å². The first kappa shape index (κ1) is 17.5. The largest absolute Gasteiger partial charge is 0.483 e. The third-order valence-corrected chi connectivity index (χ3v) is 4.75. The number of nitrogens with zero attached hydrogens (tertiary/aromatic N) is 1. The van der Waals surface area contributed by atoms with Crippen LogP contribution in [0.3, 0.4) is 0 Å². The maximum Gasteiger partial charge on any atom is 0.336 e. The number of ether oxygens (including phenoxy) is 1. The number of carbonyl (C=O) groups excluding carboxylic acids is 1. The summed E-state index contributed by atoms with van der Waals surface area (Å²) in [5, 5.41) is 3.80. The van der Waals surface area contributed by atoms with Crippen LogP contribution < -0.4 is 15.7 Å². The van der Waals surface area contributed by atoms with Crippen LogP contribution in [0.4, 0.5) is 0 Å². The SMILES string of the molecule is Cc1cc(=O)oc2c(C)c(OCC(=O)NC[C@H]3CCN(C)C3)ccc12. The maximum atomic E-state index is 12.0. The van der Waals surface area contributed by atoms with Crippen LogP contribution >= 0.6 is 0 Å². The number of fused-ring (bicyclic) bond motifs is 1. The molecule has 1 amide bonds. The lowest BCUT2D eigenvalue weighted by Crippen LogP contribution is -2.34. The highest BCUT2D eigenvalue weighted by Gasteiger charge is 2.20. The summed E-state index contributed by atoms with van der Waals surface area (Å²) < 4.78 is 10.9. The molecule has 1 atom stereocenters. The van der Waals surface area contributed by atoms with Crippen molar-refractivity contribution in [3.63, 3.8) is 0 Å². The minimum absolute atomic E-state index is 0.0506. The van der Waals surface area contributed by atoms with Gasteiger partial charge in [0.25, 0.3) is 5.91 Å². The fraction of sp³-hybridized carbons (Fsp3) is 0.474. The molecule has 2 heterocycles. The number of benzene rings is 1. The minimum Gasteiger partial charge on any atom is -0.483 e. The fourth-order valence-corrected chi connectivity index (χ4v) is 3.30. The molecule has 6 nitrogen and oxygen atoms in total. The Morgan fingerprint density at radius 1 is 1.40 bits per heavy atom. The van der Waals surface area contributed by atoms with Gasteiger partial charge in [0.15, 0.2) is 6.61 Å². The quantitative estimate of drug-likeness (QED) is 0.838. The number of nitrogens with one attached hydrogen (secondary N) is 1. The monoisotopic (exact) mass is 344 g/mol. The second-order valence-electron chi connectivity index (χ2n) is 6.82. The highest BCUT2D eigenvalue weighted by molar-refractivity contribution is 5.85. The predicted octanol–water partition coefficient (Wildman–Crippen LogP) is 1.86. The van der Waals surface area contributed by atoms with E-state index in [1.54, 1.807) is 0 Å². The molecule has 1 aromatic carbocycles. The van der Waals surface area contributed by atoms with Crippen molar-refractivity contribution in [3.8, 4) is 5.75 Å². The molecule has 0 bridgehead atoms. The maximum absolute atomic E-state index is 12.0. The minimum atomic E-state index is -0.385. The van der Waals surface area contributed by atoms with Gasteiger partial charge >= 0.3 is 5.63 Å². The fourth-order valence-electron chi connectivity index (χ4n) is 3.30. The second kappa shape index (κ2) is 7.27. The van der Waals surface area contributed by atoms with E-state index in [2.05, 4.69) is 17.3 Å². The smallest absolute Gasteiger partial charge is 0.336 e. The molecule has 1 aliphatic heterocycles. The molecule has 2 aromatic rings. The van der Waals surface area contributed by atoms with Crippen LogP contribution in [0.2, 0.25) is 0 Å². The Balaban J connectivity index is 1.62. The molecule has 1 saturated heterocycles. The molecule has 0 radical (unpaired) electrons. The Morgan fingerprint density at radius 3 is 2.92 bits per heavy atom. The third kappa shape index (κ3) is 4.02. The zero-order valence-corrected chi connectivity index (χ0v) is 14.9. The molecule has 0 spiro atoms. The van der Waals surface area contributed by atoms with E-state index in [1.807, 2.05) is 26.0 Å². The topological polar surface area (TPSA) is 71.8 Å². The summed E-state index contributed by atoms with van der Waals surface area (Å²) in [5.74, 6) is 0.922. The van der Waals surface area contributed by atoms with E-state index in [4.69, 9.17) is 9.15 Å². The molecular weight excluding hydrogens is 320 g/mol. The summed E-state index contributed by atoms with van der Waals surface area (Å²) >= 11 is 0. The summed E-state index contributed by atoms with van der Waals surface area (Å²) in [6, 6.07) is 5.13. The molecule has 134 valence electrons. The Kier molecular flexibility index (Phi) is 5.08. The molecule has 0 aliphatic carbocycles. The molecule has 3 rings (SSSR count). The number of aryl methyl sites for hydroxylation is 2. The van der Waals surface area contributed by atoms with Crippen molar-refractivity contribution in [2.24, 2.45) is 5.92 Å². The van der Waals surface area contributed by atoms with E-state index in [1.165, 1.54) is 6.07 Å². The lowest BCUT2D eigenvalue weighted by Gasteiger charge is -2.13. The van der Waals surface area contributed by atoms with Gasteiger partial charge in [0.05, 0.1) is 0 Å². The number of hydrogen-bond donors (Lipinski definition) is 1. The number of rotatable bonds is 5. The summed E-state index contributed by atoms with van der Waals surface area (Å²) in [6.07, 6.45) is 1.11. The predicted molar refractivity (Wildman–Crippen MR) is 96.1 cm³/mol. The van der Waals surface area contributed by atoms with Crippen molar-refractivity contribution in [1.82, 2.24) is 10.2 Å². The molecule has 1 aromatic heterocycles. The van der Waals surface area contributed by atoms with Crippen LogP contribution in [0.25, 0.3) is 11.0 Å². The van der Waals surface area contributed by atoms with Crippen LogP contribution in [0.5, 0.6) is 5.75 Å². The second-order valence-corrected chi connectivity index (χ2v) is 6.82. The average molecular weight is 344 g/mol. The molecule has 6 heteroatoms. The Labute approximate surface area is 146 Å². The van der Waals surface area contributed by atoms with Crippen molar-refractivity contribution in [3.05, 3.63) is 39.7 Å². The van der Waals surface area contributed by atoms with E-state index in [9.17, 15) is 9.59 Å². The molecule has 25 heavy (non-hydrogen) atoms. The third-order valence-electron chi connectivity index (χ3n) is 4.75. The number of amides is 1. The van der Waals surface area contributed by atoms with Gasteiger partial charge in [-0.2, -0.15) is 0 Å². The normalized spacial score (nSPS) is 17.8. The van der Waals surface area contributed by atoms with Crippen LogP contribution in [-0.2, 0) is 4.79 Å². The zero-order valence-electron chi connectivity index (χ0n) is 14.9. The van der Waals surface area contributed by atoms with Gasteiger partial charge in [0.2, 0.25) is 0 Å². The van der Waals surface area contributed by atoms with Gasteiger partial charge < -0.3 is 19.4 Å². The Hall–Kier alpha value is -2.34. The zero-order chi connectivity index (χ0) is 18.0. The highest BCUT2D eigenvalue weighted by atomic mass is 16.5. The van der Waals surface area contributed by atoms with Gasteiger partial charge in [-0.15, -0.1) is 0 Å². The highest BCUT2D eigenvalue weighted by Crippen LogP contribution is 2.28. The van der Waals surface area contributed by atoms with Crippen molar-refractivity contribution in [2.45, 2.75) is 20.3 Å². The standard InChI is InChI=1S/C19H24N2O4/c1-12-8-18(23)25-19-13(2)16(5-4-15(12)19)24-11-17(22)20-9-14-6-7-21(3)10-14/h4-5,8,14H,6-7,9-11H2,1-3H3,(H,20,22)/t14-/m1/s1. The van der Waals surface area contributed by atoms with Gasteiger partial charge in [-0.05, 0) is 57.5 Å². The van der Waals surface area contributed by atoms with Crippen LogP contribution in [0, 0.1) is 19.8 Å². The first-order valence-corrected chi connectivity index (χ1v) is 8.56. The molecule has 0 unspecified atom stereocenters. The van der Waals surface area contributed by atoms with E-state index < -0.39 is 0 Å². The van der Waals surface area contributed by atoms with Gasteiger partial charge in [-0.3, -0.25) is 4.79 Å².